The molecule has 0 aromatic heterocycles. The minimum Gasteiger partial charge on any atom is -0.361 e. The Bertz CT molecular complexity index is 308. The molecule has 0 aromatic carbocycles. The van der Waals surface area contributed by atoms with Crippen molar-refractivity contribution in [1.29, 1.82) is 0 Å². The second kappa shape index (κ2) is 6.32. The average Bonchev–Trinajstić information content (AvgIpc) is 3.03. The van der Waals surface area contributed by atoms with Crippen molar-refractivity contribution in [2.75, 3.05) is 6.61 Å². The molecule has 0 bridgehead atoms. The van der Waals surface area contributed by atoms with Crippen molar-refractivity contribution in [1.82, 2.24) is 5.32 Å². The molecule has 0 saturated carbocycles. The van der Waals surface area contributed by atoms with Gasteiger partial charge >= 0.3 is 0 Å². The quantitative estimate of drug-likeness (QED) is 0.675. The predicted molar refractivity (Wildman–Crippen MR) is 70.3 cm³/mol. The summed E-state index contributed by atoms with van der Waals surface area (Å²) in [6, 6.07) is -0.401. The monoisotopic (exact) mass is 255 g/mol. The summed E-state index contributed by atoms with van der Waals surface area (Å²) in [6.45, 7) is 8.42. The fourth-order valence-corrected chi connectivity index (χ4v) is 1.93. The first kappa shape index (κ1) is 15.2. The zero-order valence-corrected chi connectivity index (χ0v) is 11.9. The van der Waals surface area contributed by atoms with Crippen molar-refractivity contribution in [3.63, 3.8) is 0 Å². The minimum atomic E-state index is -0.655. The van der Waals surface area contributed by atoms with Gasteiger partial charge in [-0.25, -0.2) is 0 Å². The van der Waals surface area contributed by atoms with Crippen LogP contribution in [-0.4, -0.2) is 29.9 Å². The van der Waals surface area contributed by atoms with Crippen LogP contribution >= 0.6 is 0 Å². The SMILES string of the molecule is CCCCC(=O)NC(CC(C)C)C(=O)C1(C)CO1. The van der Waals surface area contributed by atoms with Gasteiger partial charge in [-0.05, 0) is 25.7 Å². The minimum absolute atomic E-state index is 0.0149. The van der Waals surface area contributed by atoms with Crippen LogP contribution in [0.4, 0.5) is 0 Å². The Balaban J connectivity index is 2.55. The van der Waals surface area contributed by atoms with Gasteiger partial charge in [0.05, 0.1) is 12.6 Å². The number of epoxide rings is 1. The highest BCUT2D eigenvalue weighted by atomic mass is 16.6. The summed E-state index contributed by atoms with van der Waals surface area (Å²) in [6.07, 6.45) is 3.02. The lowest BCUT2D eigenvalue weighted by Gasteiger charge is -2.21. The molecule has 1 heterocycles. The van der Waals surface area contributed by atoms with Crippen LogP contribution in [0.25, 0.3) is 0 Å². The van der Waals surface area contributed by atoms with E-state index in [2.05, 4.69) is 19.2 Å². The Morgan fingerprint density at radius 1 is 1.39 bits per heavy atom. The van der Waals surface area contributed by atoms with E-state index >= 15 is 0 Å². The van der Waals surface area contributed by atoms with E-state index in [-0.39, 0.29) is 11.7 Å². The molecule has 0 aliphatic carbocycles. The maximum absolute atomic E-state index is 12.2. The first-order valence-corrected chi connectivity index (χ1v) is 6.86. The lowest BCUT2D eigenvalue weighted by atomic mass is 9.93. The standard InChI is InChI=1S/C14H25NO3/c1-5-6-7-12(16)15-11(8-10(2)3)13(17)14(4)9-18-14/h10-11H,5-9H2,1-4H3,(H,15,16). The van der Waals surface area contributed by atoms with Crippen LogP contribution in [0, 0.1) is 5.92 Å². The van der Waals surface area contributed by atoms with E-state index in [9.17, 15) is 9.59 Å². The maximum Gasteiger partial charge on any atom is 0.220 e. The van der Waals surface area contributed by atoms with Crippen LogP contribution in [0.15, 0.2) is 0 Å². The maximum atomic E-state index is 12.2. The van der Waals surface area contributed by atoms with Gasteiger partial charge in [-0.1, -0.05) is 27.2 Å². The largest absolute Gasteiger partial charge is 0.361 e. The van der Waals surface area contributed by atoms with Crippen molar-refractivity contribution >= 4 is 11.7 Å². The molecule has 1 rings (SSSR count). The number of ketones is 1. The van der Waals surface area contributed by atoms with Gasteiger partial charge in [0.1, 0.15) is 5.60 Å². The second-order valence-electron chi connectivity index (χ2n) is 5.74. The Morgan fingerprint density at radius 3 is 2.44 bits per heavy atom. The summed E-state index contributed by atoms with van der Waals surface area (Å²) in [5, 5.41) is 2.86. The van der Waals surface area contributed by atoms with Gasteiger partial charge in [0.2, 0.25) is 5.91 Å². The lowest BCUT2D eigenvalue weighted by Crippen LogP contribution is -2.46. The number of hydrogen-bond donors (Lipinski definition) is 1. The molecule has 0 radical (unpaired) electrons. The first-order chi connectivity index (χ1) is 8.39. The molecular formula is C14H25NO3. The molecule has 1 amide bonds. The van der Waals surface area contributed by atoms with E-state index in [0.29, 0.717) is 25.4 Å². The van der Waals surface area contributed by atoms with Crippen molar-refractivity contribution in [3.05, 3.63) is 0 Å². The molecule has 0 aromatic rings. The van der Waals surface area contributed by atoms with Crippen LogP contribution < -0.4 is 5.32 Å². The van der Waals surface area contributed by atoms with Gasteiger partial charge in [-0.2, -0.15) is 0 Å². The summed E-state index contributed by atoms with van der Waals surface area (Å²) >= 11 is 0. The molecule has 1 saturated heterocycles. The van der Waals surface area contributed by atoms with E-state index in [1.165, 1.54) is 0 Å². The number of nitrogens with one attached hydrogen (secondary N) is 1. The van der Waals surface area contributed by atoms with E-state index in [0.717, 1.165) is 12.8 Å². The molecule has 4 heteroatoms. The highest BCUT2D eigenvalue weighted by molar-refractivity contribution is 5.96. The molecule has 1 aliphatic heterocycles. The second-order valence-corrected chi connectivity index (χ2v) is 5.74. The van der Waals surface area contributed by atoms with Crippen molar-refractivity contribution < 1.29 is 14.3 Å². The molecule has 4 nitrogen and oxygen atoms in total. The van der Waals surface area contributed by atoms with Gasteiger partial charge in [0.15, 0.2) is 5.78 Å². The molecule has 2 unspecified atom stereocenters. The Morgan fingerprint density at radius 2 is 2.00 bits per heavy atom. The van der Waals surface area contributed by atoms with Crippen molar-refractivity contribution in [3.8, 4) is 0 Å². The smallest absolute Gasteiger partial charge is 0.220 e. The van der Waals surface area contributed by atoms with Crippen LogP contribution in [0.1, 0.15) is 53.4 Å². The summed E-state index contributed by atoms with van der Waals surface area (Å²) < 4.78 is 5.18. The number of hydrogen-bond acceptors (Lipinski definition) is 3. The Labute approximate surface area is 109 Å². The molecule has 1 aliphatic rings. The summed E-state index contributed by atoms with van der Waals surface area (Å²) in [7, 11) is 0. The van der Waals surface area contributed by atoms with E-state index in [1.54, 1.807) is 6.92 Å². The van der Waals surface area contributed by atoms with Gasteiger partial charge < -0.3 is 10.1 Å². The van der Waals surface area contributed by atoms with Gasteiger partial charge in [-0.3, -0.25) is 9.59 Å². The molecule has 1 fully saturated rings. The molecule has 104 valence electrons. The fourth-order valence-electron chi connectivity index (χ4n) is 1.93. The molecule has 1 N–H and O–H groups in total. The normalized spacial score (nSPS) is 23.8. The number of rotatable bonds is 8. The number of ether oxygens (including phenoxy) is 1. The summed E-state index contributed by atoms with van der Waals surface area (Å²) in [5.74, 6) is 0.355. The molecule has 0 spiro atoms. The Hall–Kier alpha value is -0.900. The topological polar surface area (TPSA) is 58.7 Å². The van der Waals surface area contributed by atoms with E-state index in [4.69, 9.17) is 4.74 Å². The molecule has 2 atom stereocenters. The highest BCUT2D eigenvalue weighted by Crippen LogP contribution is 2.29. The number of carbonyl (C=O) groups is 2. The predicted octanol–water partition coefficient (Wildman–Crippen LogP) is 2.07. The van der Waals surface area contributed by atoms with Gasteiger partial charge in [0, 0.05) is 6.42 Å². The van der Waals surface area contributed by atoms with Crippen LogP contribution in [0.3, 0.4) is 0 Å². The number of unbranched alkanes of at least 4 members (excludes halogenated alkanes) is 1. The van der Waals surface area contributed by atoms with E-state index < -0.39 is 11.6 Å². The van der Waals surface area contributed by atoms with Gasteiger partial charge in [-0.15, -0.1) is 0 Å². The third-order valence-corrected chi connectivity index (χ3v) is 3.21. The van der Waals surface area contributed by atoms with Crippen LogP contribution in [-0.2, 0) is 14.3 Å². The molecule has 18 heavy (non-hydrogen) atoms. The third kappa shape index (κ3) is 4.41. The number of carbonyl (C=O) groups excluding carboxylic acids is 2. The number of amides is 1. The zero-order chi connectivity index (χ0) is 13.8. The highest BCUT2D eigenvalue weighted by Gasteiger charge is 2.49. The third-order valence-electron chi connectivity index (χ3n) is 3.21. The fraction of sp³-hybridized carbons (Fsp3) is 0.857. The van der Waals surface area contributed by atoms with Crippen molar-refractivity contribution in [2.24, 2.45) is 5.92 Å². The zero-order valence-electron chi connectivity index (χ0n) is 11.9. The van der Waals surface area contributed by atoms with E-state index in [1.807, 2.05) is 6.92 Å². The van der Waals surface area contributed by atoms with Crippen LogP contribution in [0.5, 0.6) is 0 Å². The summed E-state index contributed by atoms with van der Waals surface area (Å²) in [4.78, 5) is 24.0. The summed E-state index contributed by atoms with van der Waals surface area (Å²) in [5.41, 5.74) is -0.655. The average molecular weight is 255 g/mol. The Kier molecular flexibility index (Phi) is 5.32. The lowest BCUT2D eigenvalue weighted by molar-refractivity contribution is -0.130. The molecular weight excluding hydrogens is 230 g/mol. The number of Topliss-reactive ketones (excluding diaryl/α,β-unsaturated/α-hetero) is 1. The van der Waals surface area contributed by atoms with Gasteiger partial charge in [0.25, 0.3) is 0 Å². The van der Waals surface area contributed by atoms with Crippen molar-refractivity contribution in [2.45, 2.75) is 65.0 Å². The first-order valence-electron chi connectivity index (χ1n) is 6.86. The van der Waals surface area contributed by atoms with Crippen LogP contribution in [0.2, 0.25) is 0 Å².